The van der Waals surface area contributed by atoms with E-state index in [2.05, 4.69) is 46.8 Å². The van der Waals surface area contributed by atoms with Crippen LogP contribution in [-0.2, 0) is 6.54 Å². The molecule has 0 atom stereocenters. The maximum absolute atomic E-state index is 5.45. The number of hydrogen-bond donors (Lipinski definition) is 1. The molecule has 1 fully saturated rings. The third-order valence-corrected chi connectivity index (χ3v) is 4.04. The summed E-state index contributed by atoms with van der Waals surface area (Å²) in [5.41, 5.74) is 4.89. The lowest BCUT2D eigenvalue weighted by molar-refractivity contribution is 0.151. The van der Waals surface area contributed by atoms with Crippen LogP contribution in [0.15, 0.2) is 36.4 Å². The minimum absolute atomic E-state index is 0.879. The number of benzene rings is 2. The molecule has 0 spiro atoms. The molecular formula is C17H22N2O. The van der Waals surface area contributed by atoms with Crippen LogP contribution in [0.4, 0.5) is 0 Å². The average Bonchev–Trinajstić information content (AvgIpc) is 2.53. The van der Waals surface area contributed by atoms with Crippen molar-refractivity contribution in [3.05, 3.63) is 42.0 Å². The highest BCUT2D eigenvalue weighted by Crippen LogP contribution is 2.28. The molecule has 0 bridgehead atoms. The van der Waals surface area contributed by atoms with Gasteiger partial charge in [0.1, 0.15) is 5.75 Å². The summed E-state index contributed by atoms with van der Waals surface area (Å²) in [6.07, 6.45) is 3.97. The number of methoxy groups -OCH3 is 1. The molecule has 3 heteroatoms. The van der Waals surface area contributed by atoms with Crippen LogP contribution in [0.3, 0.4) is 0 Å². The van der Waals surface area contributed by atoms with Crippen molar-refractivity contribution < 1.29 is 4.74 Å². The van der Waals surface area contributed by atoms with E-state index in [-0.39, 0.29) is 0 Å². The van der Waals surface area contributed by atoms with Gasteiger partial charge in [0, 0.05) is 25.0 Å². The molecule has 20 heavy (non-hydrogen) atoms. The first-order valence-electron chi connectivity index (χ1n) is 7.41. The van der Waals surface area contributed by atoms with E-state index < -0.39 is 0 Å². The van der Waals surface area contributed by atoms with Gasteiger partial charge in [-0.15, -0.1) is 0 Å². The van der Waals surface area contributed by atoms with Gasteiger partial charge in [-0.25, -0.2) is 5.01 Å². The maximum Gasteiger partial charge on any atom is 0.126 e. The first kappa shape index (κ1) is 13.4. The minimum atomic E-state index is 0.879. The molecule has 1 aliphatic heterocycles. The third-order valence-electron chi connectivity index (χ3n) is 4.04. The Bertz CT molecular complexity index is 576. The molecule has 3 rings (SSSR count). The van der Waals surface area contributed by atoms with Crippen LogP contribution in [-0.4, -0.2) is 25.2 Å². The highest BCUT2D eigenvalue weighted by Gasteiger charge is 2.11. The summed E-state index contributed by atoms with van der Waals surface area (Å²) in [6.45, 7) is 3.20. The Kier molecular flexibility index (Phi) is 4.19. The predicted octanol–water partition coefficient (Wildman–Crippen LogP) is 3.34. The van der Waals surface area contributed by atoms with E-state index in [1.807, 2.05) is 0 Å². The Morgan fingerprint density at radius 3 is 2.50 bits per heavy atom. The zero-order chi connectivity index (χ0) is 13.8. The van der Waals surface area contributed by atoms with Crippen molar-refractivity contribution in [1.29, 1.82) is 0 Å². The van der Waals surface area contributed by atoms with Gasteiger partial charge in [0.05, 0.1) is 7.11 Å². The highest BCUT2D eigenvalue weighted by molar-refractivity contribution is 5.91. The minimum Gasteiger partial charge on any atom is -0.496 e. The van der Waals surface area contributed by atoms with Gasteiger partial charge in [0.2, 0.25) is 0 Å². The fourth-order valence-corrected chi connectivity index (χ4v) is 2.91. The van der Waals surface area contributed by atoms with E-state index in [0.29, 0.717) is 0 Å². The van der Waals surface area contributed by atoms with Gasteiger partial charge in [-0.1, -0.05) is 36.8 Å². The summed E-state index contributed by atoms with van der Waals surface area (Å²) in [4.78, 5) is 0. The maximum atomic E-state index is 5.45. The standard InChI is InChI=1S/C17H22N2O/c1-20-17-10-9-14(15-7-3-4-8-16(15)17)13-18-19-11-5-2-6-12-19/h3-4,7-10,18H,2,5-6,11-13H2,1H3. The normalized spacial score (nSPS) is 16.4. The van der Waals surface area contributed by atoms with E-state index in [0.717, 1.165) is 25.4 Å². The number of fused-ring (bicyclic) bond motifs is 1. The van der Waals surface area contributed by atoms with Gasteiger partial charge in [-0.2, -0.15) is 0 Å². The van der Waals surface area contributed by atoms with Crippen molar-refractivity contribution in [3.63, 3.8) is 0 Å². The van der Waals surface area contributed by atoms with Crippen molar-refractivity contribution >= 4 is 10.8 Å². The molecule has 0 amide bonds. The summed E-state index contributed by atoms with van der Waals surface area (Å²) in [5.74, 6) is 0.947. The monoisotopic (exact) mass is 270 g/mol. The lowest BCUT2D eigenvalue weighted by atomic mass is 10.0. The van der Waals surface area contributed by atoms with Crippen molar-refractivity contribution in [3.8, 4) is 5.75 Å². The number of hydrazine groups is 1. The van der Waals surface area contributed by atoms with E-state index >= 15 is 0 Å². The number of nitrogens with zero attached hydrogens (tertiary/aromatic N) is 1. The molecule has 1 N–H and O–H groups in total. The second kappa shape index (κ2) is 6.25. The fourth-order valence-electron chi connectivity index (χ4n) is 2.91. The Balaban J connectivity index is 1.80. The molecule has 106 valence electrons. The number of piperidine rings is 1. The lowest BCUT2D eigenvalue weighted by Crippen LogP contribution is -2.41. The lowest BCUT2D eigenvalue weighted by Gasteiger charge is -2.27. The van der Waals surface area contributed by atoms with Crippen LogP contribution < -0.4 is 10.2 Å². The Morgan fingerprint density at radius 1 is 1.00 bits per heavy atom. The van der Waals surface area contributed by atoms with Crippen LogP contribution >= 0.6 is 0 Å². The molecule has 0 aromatic heterocycles. The zero-order valence-electron chi connectivity index (χ0n) is 12.1. The van der Waals surface area contributed by atoms with E-state index in [1.165, 1.54) is 35.6 Å². The van der Waals surface area contributed by atoms with Gasteiger partial charge in [0.25, 0.3) is 0 Å². The summed E-state index contributed by atoms with van der Waals surface area (Å²) >= 11 is 0. The number of ether oxygens (including phenoxy) is 1. The molecule has 3 nitrogen and oxygen atoms in total. The van der Waals surface area contributed by atoms with E-state index in [9.17, 15) is 0 Å². The largest absolute Gasteiger partial charge is 0.496 e. The van der Waals surface area contributed by atoms with Crippen LogP contribution in [0, 0.1) is 0 Å². The Morgan fingerprint density at radius 2 is 1.75 bits per heavy atom. The SMILES string of the molecule is COc1ccc(CNN2CCCCC2)c2ccccc12. The van der Waals surface area contributed by atoms with Crippen molar-refractivity contribution in [2.45, 2.75) is 25.8 Å². The quantitative estimate of drug-likeness (QED) is 0.922. The van der Waals surface area contributed by atoms with E-state index in [1.54, 1.807) is 7.11 Å². The molecule has 1 heterocycles. The zero-order valence-corrected chi connectivity index (χ0v) is 12.1. The summed E-state index contributed by atoms with van der Waals surface area (Å²) in [7, 11) is 1.73. The van der Waals surface area contributed by atoms with Crippen LogP contribution in [0.25, 0.3) is 10.8 Å². The first-order valence-corrected chi connectivity index (χ1v) is 7.41. The van der Waals surface area contributed by atoms with Crippen molar-refractivity contribution in [1.82, 2.24) is 10.4 Å². The molecular weight excluding hydrogens is 248 g/mol. The van der Waals surface area contributed by atoms with Crippen LogP contribution in [0.1, 0.15) is 24.8 Å². The third kappa shape index (κ3) is 2.79. The molecule has 1 aliphatic rings. The topological polar surface area (TPSA) is 24.5 Å². The number of hydrogen-bond acceptors (Lipinski definition) is 3. The first-order chi connectivity index (χ1) is 9.88. The van der Waals surface area contributed by atoms with Gasteiger partial charge in [0.15, 0.2) is 0 Å². The summed E-state index contributed by atoms with van der Waals surface area (Å²) < 4.78 is 5.45. The molecule has 2 aromatic rings. The molecule has 0 radical (unpaired) electrons. The van der Waals surface area contributed by atoms with Gasteiger partial charge < -0.3 is 4.74 Å². The van der Waals surface area contributed by atoms with E-state index in [4.69, 9.17) is 4.74 Å². The smallest absolute Gasteiger partial charge is 0.126 e. The summed E-state index contributed by atoms with van der Waals surface area (Å²) in [5, 5.41) is 4.81. The molecule has 1 saturated heterocycles. The van der Waals surface area contributed by atoms with Gasteiger partial charge in [-0.05, 0) is 29.9 Å². The average molecular weight is 270 g/mol. The van der Waals surface area contributed by atoms with Crippen molar-refractivity contribution in [2.24, 2.45) is 0 Å². The van der Waals surface area contributed by atoms with Crippen LogP contribution in [0.5, 0.6) is 5.75 Å². The second-order valence-corrected chi connectivity index (χ2v) is 5.36. The number of rotatable bonds is 4. The fraction of sp³-hybridized carbons (Fsp3) is 0.412. The Labute approximate surface area is 120 Å². The molecule has 0 aliphatic carbocycles. The Hall–Kier alpha value is -1.58. The summed E-state index contributed by atoms with van der Waals surface area (Å²) in [6, 6.07) is 12.7. The van der Waals surface area contributed by atoms with Gasteiger partial charge >= 0.3 is 0 Å². The van der Waals surface area contributed by atoms with Crippen molar-refractivity contribution in [2.75, 3.05) is 20.2 Å². The number of nitrogens with one attached hydrogen (secondary N) is 1. The van der Waals surface area contributed by atoms with Gasteiger partial charge in [-0.3, -0.25) is 5.43 Å². The second-order valence-electron chi connectivity index (χ2n) is 5.36. The molecule has 2 aromatic carbocycles. The molecule has 0 unspecified atom stereocenters. The predicted molar refractivity (Wildman–Crippen MR) is 82.8 cm³/mol. The molecule has 0 saturated carbocycles. The highest BCUT2D eigenvalue weighted by atomic mass is 16.5. The van der Waals surface area contributed by atoms with Crippen LogP contribution in [0.2, 0.25) is 0 Å².